The maximum Gasteiger partial charge on any atom is 0.265 e. The van der Waals surface area contributed by atoms with E-state index in [0.717, 1.165) is 19.4 Å². The molecule has 30 heavy (non-hydrogen) atoms. The Morgan fingerprint density at radius 3 is 2.57 bits per heavy atom. The van der Waals surface area contributed by atoms with Crippen molar-refractivity contribution in [1.82, 2.24) is 5.32 Å². The zero-order valence-corrected chi connectivity index (χ0v) is 17.4. The molecule has 2 atom stereocenters. The zero-order valence-electron chi connectivity index (χ0n) is 17.4. The number of carbonyl (C=O) groups is 2. The van der Waals surface area contributed by atoms with Gasteiger partial charge < -0.3 is 24.8 Å². The lowest BCUT2D eigenvalue weighted by Crippen LogP contribution is -2.35. The summed E-state index contributed by atoms with van der Waals surface area (Å²) in [6.45, 7) is 3.05. The number of hydrogen-bond acceptors (Lipinski definition) is 5. The number of rotatable bonds is 9. The van der Waals surface area contributed by atoms with Crippen LogP contribution in [-0.2, 0) is 9.53 Å². The largest absolute Gasteiger partial charge is 0.493 e. The monoisotopic (exact) mass is 412 g/mol. The number of hydrogen-bond donors (Lipinski definition) is 2. The van der Waals surface area contributed by atoms with Gasteiger partial charge in [-0.15, -0.1) is 0 Å². The van der Waals surface area contributed by atoms with E-state index in [4.69, 9.17) is 14.2 Å². The summed E-state index contributed by atoms with van der Waals surface area (Å²) in [7, 11) is 1.55. The number of amides is 2. The molecule has 0 aromatic heterocycles. The molecule has 2 aromatic rings. The van der Waals surface area contributed by atoms with Crippen LogP contribution in [0.2, 0.25) is 0 Å². The van der Waals surface area contributed by atoms with Crippen LogP contribution in [0.3, 0.4) is 0 Å². The predicted molar refractivity (Wildman–Crippen MR) is 114 cm³/mol. The van der Waals surface area contributed by atoms with Crippen LogP contribution >= 0.6 is 0 Å². The van der Waals surface area contributed by atoms with Crippen molar-refractivity contribution in [3.63, 3.8) is 0 Å². The molecule has 3 rings (SSSR count). The van der Waals surface area contributed by atoms with E-state index in [0.29, 0.717) is 35.7 Å². The Morgan fingerprint density at radius 2 is 1.87 bits per heavy atom. The van der Waals surface area contributed by atoms with Crippen molar-refractivity contribution in [2.75, 3.05) is 25.6 Å². The fourth-order valence-electron chi connectivity index (χ4n) is 3.30. The summed E-state index contributed by atoms with van der Waals surface area (Å²) in [6.07, 6.45) is 1.73. The quantitative estimate of drug-likeness (QED) is 0.659. The van der Waals surface area contributed by atoms with Gasteiger partial charge in [-0.3, -0.25) is 9.59 Å². The minimum atomic E-state index is -0.732. The van der Waals surface area contributed by atoms with Crippen molar-refractivity contribution in [1.29, 1.82) is 0 Å². The first-order valence-electron chi connectivity index (χ1n) is 10.2. The summed E-state index contributed by atoms with van der Waals surface area (Å²) in [5.74, 6) is 0.463. The van der Waals surface area contributed by atoms with Crippen LogP contribution in [0.4, 0.5) is 5.69 Å². The first-order valence-corrected chi connectivity index (χ1v) is 10.2. The van der Waals surface area contributed by atoms with E-state index in [9.17, 15) is 9.59 Å². The van der Waals surface area contributed by atoms with Gasteiger partial charge in [0, 0.05) is 13.2 Å². The van der Waals surface area contributed by atoms with Gasteiger partial charge in [0.25, 0.3) is 11.8 Å². The molecule has 7 heteroatoms. The average Bonchev–Trinajstić information content (AvgIpc) is 3.30. The highest BCUT2D eigenvalue weighted by molar-refractivity contribution is 6.04. The van der Waals surface area contributed by atoms with Crippen molar-refractivity contribution >= 4 is 17.5 Å². The highest BCUT2D eigenvalue weighted by Gasteiger charge is 2.23. The van der Waals surface area contributed by atoms with Gasteiger partial charge in [0.2, 0.25) is 0 Å². The first-order chi connectivity index (χ1) is 14.6. The zero-order chi connectivity index (χ0) is 21.3. The predicted octanol–water partition coefficient (Wildman–Crippen LogP) is 3.40. The van der Waals surface area contributed by atoms with Gasteiger partial charge in [0.1, 0.15) is 0 Å². The number of para-hydroxylation sites is 3. The molecule has 1 aliphatic rings. The molecule has 1 heterocycles. The van der Waals surface area contributed by atoms with Gasteiger partial charge in [-0.2, -0.15) is 0 Å². The van der Waals surface area contributed by atoms with E-state index >= 15 is 0 Å². The third-order valence-electron chi connectivity index (χ3n) is 4.95. The summed E-state index contributed by atoms with van der Waals surface area (Å²) >= 11 is 0. The van der Waals surface area contributed by atoms with Crippen molar-refractivity contribution in [2.24, 2.45) is 0 Å². The summed E-state index contributed by atoms with van der Waals surface area (Å²) in [5.41, 5.74) is 0.838. The second kappa shape index (κ2) is 10.6. The van der Waals surface area contributed by atoms with E-state index in [2.05, 4.69) is 10.6 Å². The lowest BCUT2D eigenvalue weighted by atomic mass is 10.1. The van der Waals surface area contributed by atoms with Crippen molar-refractivity contribution < 1.29 is 23.8 Å². The molecule has 0 radical (unpaired) electrons. The summed E-state index contributed by atoms with van der Waals surface area (Å²) in [6, 6.07) is 14.1. The standard InChI is InChI=1S/C23H28N2O5/c1-3-19(30-21-13-7-6-12-20(21)28-2)23(27)25-18-11-5-4-10-17(18)22(26)24-15-16-9-8-14-29-16/h4-7,10-13,16,19H,3,8-9,14-15H2,1-2H3,(H,24,26)(H,25,27)/t16-,19+/m1/s1. The smallest absolute Gasteiger partial charge is 0.265 e. The number of nitrogens with one attached hydrogen (secondary N) is 2. The summed E-state index contributed by atoms with van der Waals surface area (Å²) < 4.78 is 16.7. The van der Waals surface area contributed by atoms with E-state index in [1.165, 1.54) is 0 Å². The number of methoxy groups -OCH3 is 1. The van der Waals surface area contributed by atoms with Gasteiger partial charge in [-0.25, -0.2) is 0 Å². The molecule has 2 amide bonds. The molecule has 0 aliphatic carbocycles. The molecule has 0 spiro atoms. The van der Waals surface area contributed by atoms with Crippen molar-refractivity contribution in [2.45, 2.75) is 38.4 Å². The van der Waals surface area contributed by atoms with Gasteiger partial charge in [0.05, 0.1) is 24.5 Å². The second-order valence-electron chi connectivity index (χ2n) is 7.05. The van der Waals surface area contributed by atoms with Crippen molar-refractivity contribution in [3.05, 3.63) is 54.1 Å². The van der Waals surface area contributed by atoms with E-state index in [-0.39, 0.29) is 17.9 Å². The Bertz CT molecular complexity index is 864. The van der Waals surface area contributed by atoms with Gasteiger partial charge in [-0.05, 0) is 43.5 Å². The van der Waals surface area contributed by atoms with Crippen LogP contribution in [0.25, 0.3) is 0 Å². The molecule has 1 saturated heterocycles. The molecule has 2 aromatic carbocycles. The molecular formula is C23H28N2O5. The van der Waals surface area contributed by atoms with Crippen LogP contribution in [0.15, 0.2) is 48.5 Å². The average molecular weight is 412 g/mol. The Hall–Kier alpha value is -3.06. The summed E-state index contributed by atoms with van der Waals surface area (Å²) in [4.78, 5) is 25.5. The van der Waals surface area contributed by atoms with E-state index in [1.807, 2.05) is 19.1 Å². The highest BCUT2D eigenvalue weighted by Crippen LogP contribution is 2.27. The van der Waals surface area contributed by atoms with Crippen LogP contribution in [0, 0.1) is 0 Å². The van der Waals surface area contributed by atoms with Crippen LogP contribution in [0.5, 0.6) is 11.5 Å². The van der Waals surface area contributed by atoms with Gasteiger partial charge in [-0.1, -0.05) is 31.2 Å². The third kappa shape index (κ3) is 5.51. The molecule has 7 nitrogen and oxygen atoms in total. The number of carbonyl (C=O) groups excluding carboxylic acids is 2. The van der Waals surface area contributed by atoms with Crippen molar-refractivity contribution in [3.8, 4) is 11.5 Å². The first kappa shape index (κ1) is 21.6. The Kier molecular flexibility index (Phi) is 7.68. The molecular weight excluding hydrogens is 384 g/mol. The molecule has 0 unspecified atom stereocenters. The minimum absolute atomic E-state index is 0.0504. The van der Waals surface area contributed by atoms with Gasteiger partial charge >= 0.3 is 0 Å². The number of anilines is 1. The van der Waals surface area contributed by atoms with Gasteiger partial charge in [0.15, 0.2) is 17.6 Å². The SMILES string of the molecule is CC[C@H](Oc1ccccc1OC)C(=O)Nc1ccccc1C(=O)NC[C@H]1CCCO1. The molecule has 0 saturated carbocycles. The lowest BCUT2D eigenvalue weighted by molar-refractivity contribution is -0.122. The molecule has 160 valence electrons. The highest BCUT2D eigenvalue weighted by atomic mass is 16.5. The Balaban J connectivity index is 1.66. The fourth-order valence-corrected chi connectivity index (χ4v) is 3.30. The number of ether oxygens (including phenoxy) is 3. The maximum atomic E-state index is 12.9. The lowest BCUT2D eigenvalue weighted by Gasteiger charge is -2.20. The normalized spacial score (nSPS) is 16.5. The van der Waals surface area contributed by atoms with Crippen LogP contribution in [-0.4, -0.2) is 44.3 Å². The van der Waals surface area contributed by atoms with Crippen LogP contribution < -0.4 is 20.1 Å². The molecule has 1 aliphatic heterocycles. The Labute approximate surface area is 176 Å². The maximum absolute atomic E-state index is 12.9. The van der Waals surface area contributed by atoms with Crippen LogP contribution in [0.1, 0.15) is 36.5 Å². The molecule has 2 N–H and O–H groups in total. The Morgan fingerprint density at radius 1 is 1.13 bits per heavy atom. The number of benzene rings is 2. The second-order valence-corrected chi connectivity index (χ2v) is 7.05. The molecule has 1 fully saturated rings. The molecule has 0 bridgehead atoms. The fraction of sp³-hybridized carbons (Fsp3) is 0.391. The topological polar surface area (TPSA) is 85.9 Å². The minimum Gasteiger partial charge on any atom is -0.493 e. The van der Waals surface area contributed by atoms with E-state index < -0.39 is 6.10 Å². The summed E-state index contributed by atoms with van der Waals surface area (Å²) in [5, 5.41) is 5.72. The third-order valence-corrected chi connectivity index (χ3v) is 4.95. The van der Waals surface area contributed by atoms with E-state index in [1.54, 1.807) is 43.5 Å².